The third kappa shape index (κ3) is 2.83. The molecule has 0 aliphatic carbocycles. The summed E-state index contributed by atoms with van der Waals surface area (Å²) in [6.45, 7) is 2.55. The van der Waals surface area contributed by atoms with Gasteiger partial charge < -0.3 is 9.84 Å². The van der Waals surface area contributed by atoms with Crippen molar-refractivity contribution in [1.82, 2.24) is 0 Å². The number of aliphatic hydroxyl groups excluding tert-OH is 1. The Morgan fingerprint density at radius 2 is 1.92 bits per heavy atom. The molecule has 1 aromatic rings. The summed E-state index contributed by atoms with van der Waals surface area (Å²) in [6, 6.07) is 9.65. The van der Waals surface area contributed by atoms with Crippen molar-refractivity contribution in [2.45, 2.75) is 13.0 Å². The monoisotopic (exact) mass is 180 g/mol. The molecule has 1 N–H and O–H groups in total. The summed E-state index contributed by atoms with van der Waals surface area (Å²) < 4.78 is 4.99. The van der Waals surface area contributed by atoms with Crippen molar-refractivity contribution in [3.63, 3.8) is 0 Å². The number of hydrogen-bond acceptors (Lipinski definition) is 2. The highest BCUT2D eigenvalue weighted by molar-refractivity contribution is 5.17. The SMILES string of the molecule is COCC(C)[C@@H](O)c1ccccc1. The molecular formula is C11H16O2. The molecule has 0 saturated heterocycles. The Kier molecular flexibility index (Phi) is 3.93. The number of ether oxygens (including phenoxy) is 1. The minimum atomic E-state index is -0.429. The van der Waals surface area contributed by atoms with Crippen molar-refractivity contribution in [2.24, 2.45) is 5.92 Å². The van der Waals surface area contributed by atoms with Crippen LogP contribution in [0.4, 0.5) is 0 Å². The van der Waals surface area contributed by atoms with E-state index in [-0.39, 0.29) is 5.92 Å². The van der Waals surface area contributed by atoms with Crippen LogP contribution in [0.25, 0.3) is 0 Å². The standard InChI is InChI=1S/C11H16O2/c1-9(8-13-2)11(12)10-6-4-3-5-7-10/h3-7,9,11-12H,8H2,1-2H3/t9?,11-/m1/s1. The van der Waals surface area contributed by atoms with Gasteiger partial charge in [-0.15, -0.1) is 0 Å². The second-order valence-electron chi connectivity index (χ2n) is 3.29. The molecule has 13 heavy (non-hydrogen) atoms. The Morgan fingerprint density at radius 1 is 1.31 bits per heavy atom. The van der Waals surface area contributed by atoms with Gasteiger partial charge in [0.2, 0.25) is 0 Å². The van der Waals surface area contributed by atoms with E-state index in [0.29, 0.717) is 6.61 Å². The summed E-state index contributed by atoms with van der Waals surface area (Å²) in [6.07, 6.45) is -0.429. The summed E-state index contributed by atoms with van der Waals surface area (Å²) in [5, 5.41) is 9.84. The average Bonchev–Trinajstić information content (AvgIpc) is 2.18. The highest BCUT2D eigenvalue weighted by atomic mass is 16.5. The van der Waals surface area contributed by atoms with Crippen LogP contribution >= 0.6 is 0 Å². The first-order chi connectivity index (χ1) is 6.25. The van der Waals surface area contributed by atoms with E-state index in [1.807, 2.05) is 37.3 Å². The Labute approximate surface area is 79.2 Å². The molecule has 0 fully saturated rings. The number of aliphatic hydroxyl groups is 1. The molecule has 0 aliphatic heterocycles. The van der Waals surface area contributed by atoms with E-state index in [1.165, 1.54) is 0 Å². The van der Waals surface area contributed by atoms with Crippen LogP contribution in [0.15, 0.2) is 30.3 Å². The maximum Gasteiger partial charge on any atom is 0.0837 e. The third-order valence-corrected chi connectivity index (χ3v) is 2.11. The van der Waals surface area contributed by atoms with Crippen LogP contribution in [0.5, 0.6) is 0 Å². The van der Waals surface area contributed by atoms with Crippen molar-refractivity contribution < 1.29 is 9.84 Å². The lowest BCUT2D eigenvalue weighted by Crippen LogP contribution is -2.14. The Hall–Kier alpha value is -0.860. The molecule has 0 bridgehead atoms. The van der Waals surface area contributed by atoms with Gasteiger partial charge in [-0.2, -0.15) is 0 Å². The van der Waals surface area contributed by atoms with Gasteiger partial charge in [-0.25, -0.2) is 0 Å². The number of hydrogen-bond donors (Lipinski definition) is 1. The van der Waals surface area contributed by atoms with E-state index >= 15 is 0 Å². The van der Waals surface area contributed by atoms with Crippen molar-refractivity contribution in [1.29, 1.82) is 0 Å². The van der Waals surface area contributed by atoms with Gasteiger partial charge in [0.15, 0.2) is 0 Å². The zero-order valence-corrected chi connectivity index (χ0v) is 8.10. The maximum absolute atomic E-state index is 9.84. The Balaban J connectivity index is 2.62. The Morgan fingerprint density at radius 3 is 2.46 bits per heavy atom. The highest BCUT2D eigenvalue weighted by Gasteiger charge is 2.15. The second kappa shape index (κ2) is 5.00. The molecule has 0 aliphatic rings. The molecule has 0 saturated carbocycles. The minimum absolute atomic E-state index is 0.132. The molecule has 72 valence electrons. The molecule has 0 radical (unpaired) electrons. The van der Waals surface area contributed by atoms with Crippen molar-refractivity contribution in [3.05, 3.63) is 35.9 Å². The van der Waals surface area contributed by atoms with Gasteiger partial charge in [-0.3, -0.25) is 0 Å². The average molecular weight is 180 g/mol. The molecule has 2 heteroatoms. The summed E-state index contributed by atoms with van der Waals surface area (Å²) in [4.78, 5) is 0. The van der Waals surface area contributed by atoms with Crippen LogP contribution in [0, 0.1) is 5.92 Å². The predicted octanol–water partition coefficient (Wildman–Crippen LogP) is 2.00. The smallest absolute Gasteiger partial charge is 0.0837 e. The Bertz CT molecular complexity index is 233. The molecule has 2 nitrogen and oxygen atoms in total. The fourth-order valence-electron chi connectivity index (χ4n) is 1.33. The van der Waals surface area contributed by atoms with E-state index in [1.54, 1.807) is 7.11 Å². The fraction of sp³-hybridized carbons (Fsp3) is 0.455. The molecule has 1 aromatic carbocycles. The van der Waals surface area contributed by atoms with Crippen LogP contribution in [0.3, 0.4) is 0 Å². The first-order valence-corrected chi connectivity index (χ1v) is 4.47. The zero-order chi connectivity index (χ0) is 9.68. The van der Waals surface area contributed by atoms with Crippen LogP contribution in [-0.2, 0) is 4.74 Å². The van der Waals surface area contributed by atoms with E-state index in [9.17, 15) is 5.11 Å². The lowest BCUT2D eigenvalue weighted by molar-refractivity contribution is 0.0567. The highest BCUT2D eigenvalue weighted by Crippen LogP contribution is 2.21. The minimum Gasteiger partial charge on any atom is -0.388 e. The van der Waals surface area contributed by atoms with Gasteiger partial charge in [0, 0.05) is 13.0 Å². The summed E-state index contributed by atoms with van der Waals surface area (Å²) >= 11 is 0. The molecule has 0 spiro atoms. The van der Waals surface area contributed by atoms with Gasteiger partial charge in [0.1, 0.15) is 0 Å². The lowest BCUT2D eigenvalue weighted by atomic mass is 9.98. The summed E-state index contributed by atoms with van der Waals surface area (Å²) in [5.74, 6) is 0.132. The topological polar surface area (TPSA) is 29.5 Å². The van der Waals surface area contributed by atoms with Gasteiger partial charge in [0.25, 0.3) is 0 Å². The largest absolute Gasteiger partial charge is 0.388 e. The first-order valence-electron chi connectivity index (χ1n) is 4.47. The molecule has 1 unspecified atom stereocenters. The van der Waals surface area contributed by atoms with E-state index in [4.69, 9.17) is 4.74 Å². The van der Waals surface area contributed by atoms with Crippen molar-refractivity contribution in [2.75, 3.05) is 13.7 Å². The fourth-order valence-corrected chi connectivity index (χ4v) is 1.33. The van der Waals surface area contributed by atoms with Crippen LogP contribution in [0.1, 0.15) is 18.6 Å². The van der Waals surface area contributed by atoms with Crippen molar-refractivity contribution in [3.8, 4) is 0 Å². The number of benzene rings is 1. The molecule has 0 heterocycles. The lowest BCUT2D eigenvalue weighted by Gasteiger charge is -2.17. The predicted molar refractivity (Wildman–Crippen MR) is 52.4 cm³/mol. The van der Waals surface area contributed by atoms with E-state index in [2.05, 4.69) is 0 Å². The number of rotatable bonds is 4. The van der Waals surface area contributed by atoms with Gasteiger partial charge in [0.05, 0.1) is 12.7 Å². The molecule has 2 atom stereocenters. The normalized spacial score (nSPS) is 15.3. The van der Waals surface area contributed by atoms with Crippen molar-refractivity contribution >= 4 is 0 Å². The van der Waals surface area contributed by atoms with Crippen LogP contribution in [0.2, 0.25) is 0 Å². The second-order valence-corrected chi connectivity index (χ2v) is 3.29. The first kappa shape index (κ1) is 10.2. The molecule has 0 aromatic heterocycles. The third-order valence-electron chi connectivity index (χ3n) is 2.11. The zero-order valence-electron chi connectivity index (χ0n) is 8.10. The summed E-state index contributed by atoms with van der Waals surface area (Å²) in [5.41, 5.74) is 0.951. The van der Waals surface area contributed by atoms with Crippen LogP contribution in [-0.4, -0.2) is 18.8 Å². The van der Waals surface area contributed by atoms with Gasteiger partial charge in [-0.1, -0.05) is 37.3 Å². The molecule has 1 rings (SSSR count). The van der Waals surface area contributed by atoms with E-state index < -0.39 is 6.10 Å². The maximum atomic E-state index is 9.84. The van der Waals surface area contributed by atoms with Crippen LogP contribution < -0.4 is 0 Å². The van der Waals surface area contributed by atoms with E-state index in [0.717, 1.165) is 5.56 Å². The summed E-state index contributed by atoms with van der Waals surface area (Å²) in [7, 11) is 1.65. The number of methoxy groups -OCH3 is 1. The quantitative estimate of drug-likeness (QED) is 0.768. The van der Waals surface area contributed by atoms with Gasteiger partial charge >= 0.3 is 0 Å². The molecular weight excluding hydrogens is 164 g/mol. The van der Waals surface area contributed by atoms with Gasteiger partial charge in [-0.05, 0) is 5.56 Å². The molecule has 0 amide bonds.